The van der Waals surface area contributed by atoms with Crippen LogP contribution in [0.2, 0.25) is 0 Å². The zero-order valence-electron chi connectivity index (χ0n) is 12.3. The third-order valence-corrected chi connectivity index (χ3v) is 5.96. The van der Waals surface area contributed by atoms with E-state index in [0.717, 1.165) is 6.04 Å². The van der Waals surface area contributed by atoms with Gasteiger partial charge in [0.15, 0.2) is 0 Å². The Hall–Kier alpha value is -0.0800. The van der Waals surface area contributed by atoms with Crippen LogP contribution in [-0.4, -0.2) is 35.1 Å². The van der Waals surface area contributed by atoms with Crippen molar-refractivity contribution in [3.63, 3.8) is 0 Å². The Morgan fingerprint density at radius 2 is 1.56 bits per heavy atom. The molecule has 1 unspecified atom stereocenters. The topological polar surface area (TPSA) is 15.3 Å². The van der Waals surface area contributed by atoms with E-state index in [2.05, 4.69) is 24.1 Å². The summed E-state index contributed by atoms with van der Waals surface area (Å²) in [7, 11) is 0. The van der Waals surface area contributed by atoms with Gasteiger partial charge in [0.2, 0.25) is 0 Å². The van der Waals surface area contributed by atoms with Crippen LogP contribution in [0.5, 0.6) is 0 Å². The third kappa shape index (κ3) is 2.22. The molecule has 0 aromatic rings. The highest BCUT2D eigenvalue weighted by atomic mass is 15.3. The molecule has 2 saturated carbocycles. The van der Waals surface area contributed by atoms with Crippen molar-refractivity contribution in [1.82, 2.24) is 10.2 Å². The molecular formula is C16H30N2. The second-order valence-corrected chi connectivity index (χ2v) is 7.40. The van der Waals surface area contributed by atoms with Crippen molar-refractivity contribution >= 4 is 0 Å². The van der Waals surface area contributed by atoms with E-state index in [1.165, 1.54) is 70.9 Å². The molecule has 1 saturated heterocycles. The highest BCUT2D eigenvalue weighted by Gasteiger charge is 2.45. The fourth-order valence-electron chi connectivity index (χ4n) is 4.72. The van der Waals surface area contributed by atoms with Crippen LogP contribution in [-0.2, 0) is 0 Å². The summed E-state index contributed by atoms with van der Waals surface area (Å²) < 4.78 is 0. The van der Waals surface area contributed by atoms with Gasteiger partial charge in [0, 0.05) is 30.2 Å². The van der Waals surface area contributed by atoms with Gasteiger partial charge in [0.05, 0.1) is 0 Å². The van der Waals surface area contributed by atoms with Crippen molar-refractivity contribution in [2.24, 2.45) is 0 Å². The van der Waals surface area contributed by atoms with Gasteiger partial charge in [0.1, 0.15) is 0 Å². The summed E-state index contributed by atoms with van der Waals surface area (Å²) >= 11 is 0. The van der Waals surface area contributed by atoms with E-state index in [0.29, 0.717) is 11.1 Å². The van der Waals surface area contributed by atoms with Gasteiger partial charge in [-0.25, -0.2) is 0 Å². The van der Waals surface area contributed by atoms with Crippen LogP contribution in [0.25, 0.3) is 0 Å². The molecule has 1 heterocycles. The third-order valence-electron chi connectivity index (χ3n) is 5.96. The van der Waals surface area contributed by atoms with Gasteiger partial charge < -0.3 is 5.32 Å². The number of piperazine rings is 1. The number of hydrogen-bond acceptors (Lipinski definition) is 2. The summed E-state index contributed by atoms with van der Waals surface area (Å²) in [5.74, 6) is 0. The standard InChI is InChI=1S/C16H30N2/c1-14-12-17-16(10-4-3-5-11-16)13-18(14)15(2)8-6-7-9-15/h14,17H,3-13H2,1-2H3. The minimum absolute atomic E-state index is 0.469. The highest BCUT2D eigenvalue weighted by molar-refractivity contribution is 5.04. The Morgan fingerprint density at radius 3 is 2.22 bits per heavy atom. The molecule has 1 aliphatic heterocycles. The Bertz CT molecular complexity index is 287. The molecule has 2 aliphatic carbocycles. The van der Waals surface area contributed by atoms with E-state index >= 15 is 0 Å². The maximum atomic E-state index is 3.91. The van der Waals surface area contributed by atoms with Gasteiger partial charge in [0.25, 0.3) is 0 Å². The van der Waals surface area contributed by atoms with E-state index in [1.54, 1.807) is 0 Å². The normalized spacial score (nSPS) is 36.0. The maximum Gasteiger partial charge on any atom is 0.0309 e. The zero-order chi connectivity index (χ0) is 12.6. The lowest BCUT2D eigenvalue weighted by Crippen LogP contribution is -2.68. The molecule has 104 valence electrons. The molecule has 2 heteroatoms. The first-order valence-electron chi connectivity index (χ1n) is 8.15. The lowest BCUT2D eigenvalue weighted by atomic mass is 9.78. The predicted octanol–water partition coefficient (Wildman–Crippen LogP) is 3.32. The van der Waals surface area contributed by atoms with Crippen molar-refractivity contribution < 1.29 is 0 Å². The number of nitrogens with one attached hydrogen (secondary N) is 1. The van der Waals surface area contributed by atoms with Crippen molar-refractivity contribution in [1.29, 1.82) is 0 Å². The van der Waals surface area contributed by atoms with Crippen LogP contribution >= 0.6 is 0 Å². The van der Waals surface area contributed by atoms with Crippen LogP contribution < -0.4 is 5.32 Å². The van der Waals surface area contributed by atoms with Crippen LogP contribution in [0, 0.1) is 0 Å². The number of hydrogen-bond donors (Lipinski definition) is 1. The molecule has 3 rings (SSSR count). The van der Waals surface area contributed by atoms with Crippen molar-refractivity contribution in [3.8, 4) is 0 Å². The summed E-state index contributed by atoms with van der Waals surface area (Å²) in [5, 5.41) is 3.91. The fourth-order valence-corrected chi connectivity index (χ4v) is 4.72. The molecule has 1 atom stereocenters. The minimum Gasteiger partial charge on any atom is -0.308 e. The first-order chi connectivity index (χ1) is 8.64. The average molecular weight is 250 g/mol. The second-order valence-electron chi connectivity index (χ2n) is 7.40. The molecule has 3 fully saturated rings. The molecule has 2 nitrogen and oxygen atoms in total. The molecule has 0 radical (unpaired) electrons. The van der Waals surface area contributed by atoms with E-state index in [-0.39, 0.29) is 0 Å². The van der Waals surface area contributed by atoms with E-state index in [9.17, 15) is 0 Å². The largest absolute Gasteiger partial charge is 0.308 e. The lowest BCUT2D eigenvalue weighted by Gasteiger charge is -2.54. The smallest absolute Gasteiger partial charge is 0.0309 e. The maximum absolute atomic E-state index is 3.91. The molecule has 0 amide bonds. The summed E-state index contributed by atoms with van der Waals surface area (Å²) in [6.07, 6.45) is 12.9. The Morgan fingerprint density at radius 1 is 0.944 bits per heavy atom. The predicted molar refractivity (Wildman–Crippen MR) is 76.9 cm³/mol. The van der Waals surface area contributed by atoms with Crippen LogP contribution in [0.1, 0.15) is 71.6 Å². The average Bonchev–Trinajstić information content (AvgIpc) is 2.82. The van der Waals surface area contributed by atoms with Crippen molar-refractivity contribution in [2.45, 2.75) is 88.8 Å². The van der Waals surface area contributed by atoms with Crippen LogP contribution in [0.3, 0.4) is 0 Å². The fraction of sp³-hybridized carbons (Fsp3) is 1.00. The van der Waals surface area contributed by atoms with Gasteiger partial charge in [-0.1, -0.05) is 32.1 Å². The molecule has 18 heavy (non-hydrogen) atoms. The SMILES string of the molecule is CC1CNC2(CCCCC2)CN1C1(C)CCCC1. The quantitative estimate of drug-likeness (QED) is 0.768. The summed E-state index contributed by atoms with van der Waals surface area (Å²) in [5.41, 5.74) is 0.975. The first kappa shape index (κ1) is 12.9. The van der Waals surface area contributed by atoms with Gasteiger partial charge in [-0.05, 0) is 39.5 Å². The van der Waals surface area contributed by atoms with Crippen molar-refractivity contribution in [3.05, 3.63) is 0 Å². The summed E-state index contributed by atoms with van der Waals surface area (Å²) in [4.78, 5) is 2.88. The van der Waals surface area contributed by atoms with Gasteiger partial charge >= 0.3 is 0 Å². The van der Waals surface area contributed by atoms with Crippen LogP contribution in [0.15, 0.2) is 0 Å². The van der Waals surface area contributed by atoms with E-state index in [4.69, 9.17) is 0 Å². The number of rotatable bonds is 1. The molecule has 0 bridgehead atoms. The Labute approximate surface area is 113 Å². The summed E-state index contributed by atoms with van der Waals surface area (Å²) in [6, 6.07) is 0.723. The molecule has 3 aliphatic rings. The minimum atomic E-state index is 0.469. The molecule has 1 spiro atoms. The molecule has 0 aromatic carbocycles. The molecular weight excluding hydrogens is 220 g/mol. The van der Waals surface area contributed by atoms with Gasteiger partial charge in [-0.3, -0.25) is 4.90 Å². The van der Waals surface area contributed by atoms with E-state index in [1.807, 2.05) is 0 Å². The zero-order valence-corrected chi connectivity index (χ0v) is 12.3. The first-order valence-corrected chi connectivity index (χ1v) is 8.15. The van der Waals surface area contributed by atoms with E-state index < -0.39 is 0 Å². The van der Waals surface area contributed by atoms with Crippen molar-refractivity contribution in [2.75, 3.05) is 13.1 Å². The summed E-state index contributed by atoms with van der Waals surface area (Å²) in [6.45, 7) is 7.46. The van der Waals surface area contributed by atoms with Gasteiger partial charge in [-0.2, -0.15) is 0 Å². The Balaban J connectivity index is 1.76. The lowest BCUT2D eigenvalue weighted by molar-refractivity contribution is -0.0113. The molecule has 1 N–H and O–H groups in total. The highest BCUT2D eigenvalue weighted by Crippen LogP contribution is 2.40. The van der Waals surface area contributed by atoms with Gasteiger partial charge in [-0.15, -0.1) is 0 Å². The molecule has 0 aromatic heterocycles. The second kappa shape index (κ2) is 4.79. The Kier molecular flexibility index (Phi) is 3.44. The van der Waals surface area contributed by atoms with Crippen LogP contribution in [0.4, 0.5) is 0 Å². The monoisotopic (exact) mass is 250 g/mol. The number of nitrogens with zero attached hydrogens (tertiary/aromatic N) is 1.